The summed E-state index contributed by atoms with van der Waals surface area (Å²) in [6.45, 7) is 0.802. The number of aliphatic carboxylic acids is 1. The Hall–Kier alpha value is -0.910. The van der Waals surface area contributed by atoms with E-state index in [0.29, 0.717) is 36.6 Å². The first kappa shape index (κ1) is 17.5. The molecule has 1 saturated carbocycles. The van der Waals surface area contributed by atoms with Crippen molar-refractivity contribution in [1.29, 1.82) is 0 Å². The number of allylic oxidation sites excluding steroid dienone is 2. The van der Waals surface area contributed by atoms with Gasteiger partial charge in [-0.25, -0.2) is 0 Å². The van der Waals surface area contributed by atoms with Crippen LogP contribution < -0.4 is 0 Å². The zero-order valence-electron chi connectivity index (χ0n) is 14.8. The molecule has 3 heterocycles. The summed E-state index contributed by atoms with van der Waals surface area (Å²) in [6, 6.07) is 0. The van der Waals surface area contributed by atoms with Crippen LogP contribution in [0.2, 0.25) is 0 Å². The summed E-state index contributed by atoms with van der Waals surface area (Å²) in [4.78, 5) is 10.5. The van der Waals surface area contributed by atoms with Crippen LogP contribution in [0.3, 0.4) is 0 Å². The third kappa shape index (κ3) is 3.93. The highest BCUT2D eigenvalue weighted by molar-refractivity contribution is 5.66. The predicted octanol–water partition coefficient (Wildman–Crippen LogP) is 3.32. The minimum absolute atomic E-state index is 0.226. The fourth-order valence-electron chi connectivity index (χ4n) is 4.93. The molecule has 0 radical (unpaired) electrons. The SMILES string of the molecule is O=C(O)CCCC=CC[C@H]1[C@@H](COC2CCCCC2)[C@@H]2O[C@H]1[C@@H]1O[C@@H]12. The summed E-state index contributed by atoms with van der Waals surface area (Å²) in [6.07, 6.45) is 15.0. The maximum absolute atomic E-state index is 10.5. The zero-order valence-corrected chi connectivity index (χ0v) is 14.8. The lowest BCUT2D eigenvalue weighted by Gasteiger charge is -2.28. The molecule has 4 aliphatic rings. The number of carboxylic acid groups (broad SMARTS) is 1. The Kier molecular flexibility index (Phi) is 5.44. The number of unbranched alkanes of at least 4 members (excludes halogenated alkanes) is 1. The van der Waals surface area contributed by atoms with Crippen LogP contribution >= 0.6 is 0 Å². The van der Waals surface area contributed by atoms with E-state index < -0.39 is 5.97 Å². The van der Waals surface area contributed by atoms with E-state index in [0.717, 1.165) is 19.4 Å². The molecule has 3 saturated heterocycles. The number of rotatable bonds is 9. The Morgan fingerprint density at radius 1 is 1.00 bits per heavy atom. The van der Waals surface area contributed by atoms with E-state index in [-0.39, 0.29) is 18.6 Å². The lowest BCUT2D eigenvalue weighted by molar-refractivity contribution is -0.137. The summed E-state index contributed by atoms with van der Waals surface area (Å²) in [7, 11) is 0. The van der Waals surface area contributed by atoms with E-state index in [4.69, 9.17) is 19.3 Å². The van der Waals surface area contributed by atoms with Gasteiger partial charge in [-0.2, -0.15) is 0 Å². The topological polar surface area (TPSA) is 68.3 Å². The van der Waals surface area contributed by atoms with Gasteiger partial charge in [0, 0.05) is 12.3 Å². The Bertz CT molecular complexity index is 498. The first-order chi connectivity index (χ1) is 12.2. The largest absolute Gasteiger partial charge is 0.481 e. The van der Waals surface area contributed by atoms with Gasteiger partial charge in [0.15, 0.2) is 0 Å². The van der Waals surface area contributed by atoms with Gasteiger partial charge >= 0.3 is 5.97 Å². The average Bonchev–Trinajstić information content (AvgIpc) is 3.24. The van der Waals surface area contributed by atoms with Gasteiger partial charge in [0.25, 0.3) is 0 Å². The molecule has 0 unspecified atom stereocenters. The van der Waals surface area contributed by atoms with Crippen LogP contribution in [0.25, 0.3) is 0 Å². The molecular weight excluding hydrogens is 320 g/mol. The number of carbonyl (C=O) groups is 1. The first-order valence-electron chi connectivity index (χ1n) is 10.0. The molecule has 3 aliphatic heterocycles. The Morgan fingerprint density at radius 3 is 2.48 bits per heavy atom. The van der Waals surface area contributed by atoms with E-state index in [9.17, 15) is 4.79 Å². The average molecular weight is 350 g/mol. The van der Waals surface area contributed by atoms with Crippen molar-refractivity contribution in [1.82, 2.24) is 0 Å². The maximum Gasteiger partial charge on any atom is 0.303 e. The van der Waals surface area contributed by atoms with Gasteiger partial charge in [-0.15, -0.1) is 0 Å². The van der Waals surface area contributed by atoms with E-state index in [1.54, 1.807) is 0 Å². The van der Waals surface area contributed by atoms with E-state index >= 15 is 0 Å². The first-order valence-corrected chi connectivity index (χ1v) is 10.0. The molecular formula is C20H30O5. The molecule has 2 bridgehead atoms. The Morgan fingerprint density at radius 2 is 1.72 bits per heavy atom. The van der Waals surface area contributed by atoms with Gasteiger partial charge in [0.05, 0.1) is 24.9 Å². The third-order valence-electron chi connectivity index (χ3n) is 6.33. The standard InChI is InChI=1S/C20H30O5/c21-16(22)11-7-2-1-6-10-14-15(12-23-13-8-4-3-5-9-13)18-20-19(25-20)17(14)24-18/h1,6,13-15,17-20H,2-5,7-12H2,(H,21,22)/t14-,15+,17+,18-,19-,20+/m0/s1. The number of epoxide rings is 1. The van der Waals surface area contributed by atoms with Crippen LogP contribution in [-0.4, -0.2) is 48.2 Å². The normalized spacial score (nSPS) is 39.8. The number of hydrogen-bond acceptors (Lipinski definition) is 4. The van der Waals surface area contributed by atoms with Crippen molar-refractivity contribution in [2.75, 3.05) is 6.61 Å². The molecule has 0 aromatic rings. The van der Waals surface area contributed by atoms with Gasteiger partial charge in [0.2, 0.25) is 0 Å². The van der Waals surface area contributed by atoms with Crippen molar-refractivity contribution in [3.05, 3.63) is 12.2 Å². The summed E-state index contributed by atoms with van der Waals surface area (Å²) < 4.78 is 18.2. The van der Waals surface area contributed by atoms with E-state index in [1.165, 1.54) is 32.1 Å². The smallest absolute Gasteiger partial charge is 0.303 e. The molecule has 4 rings (SSSR count). The van der Waals surface area contributed by atoms with Gasteiger partial charge in [-0.3, -0.25) is 4.79 Å². The quantitative estimate of drug-likeness (QED) is 0.392. The molecule has 0 aromatic carbocycles. The van der Waals surface area contributed by atoms with Crippen LogP contribution in [0, 0.1) is 11.8 Å². The number of fused-ring (bicyclic) bond motifs is 5. The molecule has 6 atom stereocenters. The van der Waals surface area contributed by atoms with Crippen LogP contribution in [0.1, 0.15) is 57.8 Å². The van der Waals surface area contributed by atoms with Gasteiger partial charge in [0.1, 0.15) is 12.2 Å². The summed E-state index contributed by atoms with van der Waals surface area (Å²) >= 11 is 0. The molecule has 5 heteroatoms. The second-order valence-electron chi connectivity index (χ2n) is 8.04. The molecule has 0 aromatic heterocycles. The number of hydrogen-bond donors (Lipinski definition) is 1. The van der Waals surface area contributed by atoms with Crippen molar-refractivity contribution >= 4 is 5.97 Å². The Labute approximate surface area is 149 Å². The summed E-state index contributed by atoms with van der Waals surface area (Å²) in [5, 5.41) is 8.68. The van der Waals surface area contributed by atoms with Crippen LogP contribution in [0.5, 0.6) is 0 Å². The highest BCUT2D eigenvalue weighted by Crippen LogP contribution is 2.55. The highest BCUT2D eigenvalue weighted by Gasteiger charge is 2.68. The second-order valence-corrected chi connectivity index (χ2v) is 8.04. The van der Waals surface area contributed by atoms with Crippen LogP contribution in [-0.2, 0) is 19.0 Å². The monoisotopic (exact) mass is 350 g/mol. The minimum Gasteiger partial charge on any atom is -0.481 e. The van der Waals surface area contributed by atoms with Crippen LogP contribution in [0.4, 0.5) is 0 Å². The van der Waals surface area contributed by atoms with Gasteiger partial charge < -0.3 is 19.3 Å². The van der Waals surface area contributed by atoms with Crippen LogP contribution in [0.15, 0.2) is 12.2 Å². The molecule has 0 amide bonds. The lowest BCUT2D eigenvalue weighted by atomic mass is 9.78. The zero-order chi connectivity index (χ0) is 17.2. The van der Waals surface area contributed by atoms with Crippen molar-refractivity contribution in [3.63, 3.8) is 0 Å². The van der Waals surface area contributed by atoms with Crippen molar-refractivity contribution in [2.45, 2.75) is 88.3 Å². The molecule has 4 fully saturated rings. The second kappa shape index (κ2) is 7.77. The van der Waals surface area contributed by atoms with E-state index in [1.807, 2.05) is 0 Å². The fourth-order valence-corrected chi connectivity index (χ4v) is 4.93. The maximum atomic E-state index is 10.5. The van der Waals surface area contributed by atoms with Crippen molar-refractivity contribution in [3.8, 4) is 0 Å². The van der Waals surface area contributed by atoms with Crippen molar-refractivity contribution < 1.29 is 24.1 Å². The van der Waals surface area contributed by atoms with Gasteiger partial charge in [-0.1, -0.05) is 31.4 Å². The molecule has 140 valence electrons. The fraction of sp³-hybridized carbons (Fsp3) is 0.850. The lowest BCUT2D eigenvalue weighted by Crippen LogP contribution is -2.36. The molecule has 5 nitrogen and oxygen atoms in total. The summed E-state index contributed by atoms with van der Waals surface area (Å²) in [5.74, 6) is 0.208. The molecule has 25 heavy (non-hydrogen) atoms. The van der Waals surface area contributed by atoms with Gasteiger partial charge in [-0.05, 0) is 38.0 Å². The number of ether oxygens (including phenoxy) is 3. The molecule has 1 aliphatic carbocycles. The van der Waals surface area contributed by atoms with E-state index in [2.05, 4.69) is 12.2 Å². The molecule has 1 N–H and O–H groups in total. The third-order valence-corrected chi connectivity index (χ3v) is 6.33. The molecule has 0 spiro atoms. The predicted molar refractivity (Wildman–Crippen MR) is 92.4 cm³/mol. The highest BCUT2D eigenvalue weighted by atomic mass is 16.7. The minimum atomic E-state index is -0.716. The number of carboxylic acids is 1. The summed E-state index contributed by atoms with van der Waals surface area (Å²) in [5.41, 5.74) is 0. The Balaban J connectivity index is 1.26. The van der Waals surface area contributed by atoms with Crippen molar-refractivity contribution in [2.24, 2.45) is 11.8 Å².